The molecule has 8 heteroatoms. The van der Waals surface area contributed by atoms with Crippen LogP contribution in [0.1, 0.15) is 23.7 Å². The van der Waals surface area contributed by atoms with Crippen molar-refractivity contribution in [3.8, 4) is 22.5 Å². The monoisotopic (exact) mass is 470 g/mol. The minimum absolute atomic E-state index is 0.107. The van der Waals surface area contributed by atoms with Crippen LogP contribution in [-0.2, 0) is 4.79 Å². The van der Waals surface area contributed by atoms with Gasteiger partial charge in [0.05, 0.1) is 10.8 Å². The lowest BCUT2D eigenvalue weighted by molar-refractivity contribution is -0.115. The summed E-state index contributed by atoms with van der Waals surface area (Å²) < 4.78 is 0. The summed E-state index contributed by atoms with van der Waals surface area (Å²) in [6, 6.07) is 25.6. The second kappa shape index (κ2) is 10.7. The molecule has 34 heavy (non-hydrogen) atoms. The summed E-state index contributed by atoms with van der Waals surface area (Å²) in [5, 5.41) is 20.6. The first-order chi connectivity index (χ1) is 16.5. The highest BCUT2D eigenvalue weighted by Gasteiger charge is 2.22. The maximum atomic E-state index is 12.9. The lowest BCUT2D eigenvalue weighted by atomic mass is 10.0. The number of carbonyl (C=O) groups is 2. The van der Waals surface area contributed by atoms with Crippen LogP contribution in [0, 0.1) is 0 Å². The lowest BCUT2D eigenvalue weighted by Gasteiger charge is -2.15. The molecule has 0 aliphatic carbocycles. The van der Waals surface area contributed by atoms with E-state index in [2.05, 4.69) is 15.5 Å². The highest BCUT2D eigenvalue weighted by Crippen LogP contribution is 2.31. The molecule has 1 amide bonds. The summed E-state index contributed by atoms with van der Waals surface area (Å²) in [6.07, 6.45) is 0.527. The summed E-state index contributed by atoms with van der Waals surface area (Å²) in [5.74, 6) is -1.31. The van der Waals surface area contributed by atoms with Gasteiger partial charge >= 0.3 is 5.97 Å². The predicted octanol–water partition coefficient (Wildman–Crippen LogP) is 5.41. The smallest absolute Gasteiger partial charge is 0.335 e. The van der Waals surface area contributed by atoms with E-state index in [-0.39, 0.29) is 11.5 Å². The van der Waals surface area contributed by atoms with Gasteiger partial charge in [0, 0.05) is 16.8 Å². The van der Waals surface area contributed by atoms with E-state index in [4.69, 9.17) is 4.98 Å². The molecule has 1 atom stereocenters. The number of amides is 1. The van der Waals surface area contributed by atoms with E-state index in [9.17, 15) is 14.7 Å². The largest absolute Gasteiger partial charge is 0.478 e. The number of benzene rings is 3. The standard InChI is InChI=1S/C26H22N4O3S/c1-2-21(24(31)27-20-15-9-14-19(16-20)25(32)33)34-26-28-22(17-10-5-3-6-11-17)23(29-30-26)18-12-7-4-8-13-18/h3-16,21H,2H2,1H3,(H,27,31)(H,32,33). The fourth-order valence-electron chi connectivity index (χ4n) is 3.35. The van der Waals surface area contributed by atoms with E-state index in [0.29, 0.717) is 28.7 Å². The Hall–Kier alpha value is -4.04. The quantitative estimate of drug-likeness (QED) is 0.332. The molecule has 0 saturated carbocycles. The van der Waals surface area contributed by atoms with Crippen LogP contribution in [0.2, 0.25) is 0 Å². The van der Waals surface area contributed by atoms with Crippen molar-refractivity contribution in [1.82, 2.24) is 15.2 Å². The molecule has 1 aromatic heterocycles. The maximum absolute atomic E-state index is 12.9. The van der Waals surface area contributed by atoms with Gasteiger partial charge in [-0.1, -0.05) is 85.4 Å². The molecule has 7 nitrogen and oxygen atoms in total. The molecule has 0 spiro atoms. The highest BCUT2D eigenvalue weighted by molar-refractivity contribution is 8.00. The number of rotatable bonds is 8. The number of hydrogen-bond donors (Lipinski definition) is 2. The van der Waals surface area contributed by atoms with Crippen molar-refractivity contribution in [2.75, 3.05) is 5.32 Å². The Bertz CT molecular complexity index is 1300. The molecule has 0 aliphatic rings. The molecule has 0 saturated heterocycles. The lowest BCUT2D eigenvalue weighted by Crippen LogP contribution is -2.25. The molecule has 3 aromatic carbocycles. The second-order valence-corrected chi connectivity index (χ2v) is 8.58. The van der Waals surface area contributed by atoms with Crippen molar-refractivity contribution >= 4 is 29.3 Å². The van der Waals surface area contributed by atoms with Gasteiger partial charge in [0.1, 0.15) is 11.4 Å². The van der Waals surface area contributed by atoms with Crippen LogP contribution in [0.25, 0.3) is 22.5 Å². The molecule has 0 aliphatic heterocycles. The number of aromatic nitrogens is 3. The molecule has 1 unspecified atom stereocenters. The molecular formula is C26H22N4O3S. The van der Waals surface area contributed by atoms with E-state index in [0.717, 1.165) is 11.1 Å². The topological polar surface area (TPSA) is 105 Å². The predicted molar refractivity (Wildman–Crippen MR) is 133 cm³/mol. The molecule has 4 rings (SSSR count). The number of carboxylic acids is 1. The van der Waals surface area contributed by atoms with Gasteiger partial charge in [-0.2, -0.15) is 0 Å². The number of hydrogen-bond acceptors (Lipinski definition) is 6. The minimum atomic E-state index is -1.05. The van der Waals surface area contributed by atoms with Gasteiger partial charge in [0.2, 0.25) is 11.1 Å². The van der Waals surface area contributed by atoms with Gasteiger partial charge in [-0.05, 0) is 24.6 Å². The number of nitrogens with zero attached hydrogens (tertiary/aromatic N) is 3. The number of aromatic carboxylic acids is 1. The Kier molecular flexibility index (Phi) is 7.29. The number of thioether (sulfide) groups is 1. The van der Waals surface area contributed by atoms with Crippen molar-refractivity contribution < 1.29 is 14.7 Å². The summed E-state index contributed by atoms with van der Waals surface area (Å²) in [4.78, 5) is 28.9. The second-order valence-electron chi connectivity index (χ2n) is 7.41. The van der Waals surface area contributed by atoms with Crippen molar-refractivity contribution in [1.29, 1.82) is 0 Å². The zero-order valence-electron chi connectivity index (χ0n) is 18.4. The van der Waals surface area contributed by atoms with Crippen LogP contribution < -0.4 is 5.32 Å². The van der Waals surface area contributed by atoms with Crippen LogP contribution in [0.5, 0.6) is 0 Å². The Morgan fingerprint density at radius 3 is 2.15 bits per heavy atom. The molecule has 0 fully saturated rings. The third-order valence-electron chi connectivity index (χ3n) is 5.05. The van der Waals surface area contributed by atoms with Crippen LogP contribution in [0.15, 0.2) is 90.1 Å². The van der Waals surface area contributed by atoms with E-state index in [1.165, 1.54) is 23.9 Å². The maximum Gasteiger partial charge on any atom is 0.335 e. The van der Waals surface area contributed by atoms with Gasteiger partial charge < -0.3 is 10.4 Å². The van der Waals surface area contributed by atoms with Crippen LogP contribution >= 0.6 is 11.8 Å². The van der Waals surface area contributed by atoms with Crippen molar-refractivity contribution in [3.05, 3.63) is 90.5 Å². The van der Waals surface area contributed by atoms with Gasteiger partial charge in [-0.25, -0.2) is 9.78 Å². The third-order valence-corrected chi connectivity index (χ3v) is 6.27. The first kappa shape index (κ1) is 23.1. The zero-order chi connectivity index (χ0) is 23.9. The Labute approximate surface area is 201 Å². The van der Waals surface area contributed by atoms with E-state index < -0.39 is 11.2 Å². The third kappa shape index (κ3) is 5.47. The fraction of sp³-hybridized carbons (Fsp3) is 0.115. The van der Waals surface area contributed by atoms with E-state index in [1.807, 2.05) is 67.6 Å². The number of anilines is 1. The highest BCUT2D eigenvalue weighted by atomic mass is 32.2. The van der Waals surface area contributed by atoms with E-state index in [1.54, 1.807) is 12.1 Å². The molecule has 170 valence electrons. The fourth-order valence-corrected chi connectivity index (χ4v) is 4.17. The summed E-state index contributed by atoms with van der Waals surface area (Å²) >= 11 is 1.23. The van der Waals surface area contributed by atoms with E-state index >= 15 is 0 Å². The van der Waals surface area contributed by atoms with Crippen LogP contribution in [0.4, 0.5) is 5.69 Å². The van der Waals surface area contributed by atoms with Gasteiger partial charge in [-0.15, -0.1) is 10.2 Å². The summed E-state index contributed by atoms with van der Waals surface area (Å²) in [7, 11) is 0. The first-order valence-corrected chi connectivity index (χ1v) is 11.6. The first-order valence-electron chi connectivity index (χ1n) is 10.7. The average molecular weight is 471 g/mol. The van der Waals surface area contributed by atoms with Gasteiger partial charge in [0.15, 0.2) is 0 Å². The number of carboxylic acid groups (broad SMARTS) is 1. The average Bonchev–Trinajstić information content (AvgIpc) is 2.88. The molecule has 0 radical (unpaired) electrons. The Balaban J connectivity index is 1.60. The zero-order valence-corrected chi connectivity index (χ0v) is 19.2. The van der Waals surface area contributed by atoms with Crippen molar-refractivity contribution in [2.24, 2.45) is 0 Å². The van der Waals surface area contributed by atoms with Gasteiger partial charge in [-0.3, -0.25) is 4.79 Å². The normalized spacial score (nSPS) is 11.6. The Morgan fingerprint density at radius 2 is 1.53 bits per heavy atom. The molecule has 0 bridgehead atoms. The Morgan fingerprint density at radius 1 is 0.882 bits per heavy atom. The van der Waals surface area contributed by atoms with Crippen LogP contribution in [0.3, 0.4) is 0 Å². The van der Waals surface area contributed by atoms with Crippen molar-refractivity contribution in [2.45, 2.75) is 23.8 Å². The van der Waals surface area contributed by atoms with Crippen molar-refractivity contribution in [3.63, 3.8) is 0 Å². The number of nitrogens with one attached hydrogen (secondary N) is 1. The van der Waals surface area contributed by atoms with Gasteiger partial charge in [0.25, 0.3) is 0 Å². The SMILES string of the molecule is CCC(Sc1nnc(-c2ccccc2)c(-c2ccccc2)n1)C(=O)Nc1cccc(C(=O)O)c1. The molecule has 2 N–H and O–H groups in total. The molecule has 1 heterocycles. The molecular weight excluding hydrogens is 448 g/mol. The minimum Gasteiger partial charge on any atom is -0.478 e. The summed E-state index contributed by atoms with van der Waals surface area (Å²) in [5.41, 5.74) is 3.69. The molecule has 4 aromatic rings. The van der Waals surface area contributed by atoms with Crippen LogP contribution in [-0.4, -0.2) is 37.4 Å². The number of carbonyl (C=O) groups excluding carboxylic acids is 1. The summed E-state index contributed by atoms with van der Waals surface area (Å²) in [6.45, 7) is 1.90.